The number of aromatic nitrogens is 1. The van der Waals surface area contributed by atoms with Gasteiger partial charge in [0.2, 0.25) is 0 Å². The second-order valence-electron chi connectivity index (χ2n) is 6.03. The first kappa shape index (κ1) is 15.7. The largest absolute Gasteiger partial charge is 0.392 e. The minimum Gasteiger partial charge on any atom is -0.392 e. The van der Waals surface area contributed by atoms with Crippen molar-refractivity contribution >= 4 is 22.5 Å². The Labute approximate surface area is 136 Å². The Morgan fingerprint density at radius 3 is 2.64 bits per heavy atom. The van der Waals surface area contributed by atoms with Crippen LogP contribution in [0.5, 0.6) is 0 Å². The summed E-state index contributed by atoms with van der Waals surface area (Å²) in [5, 5.41) is 11.3. The van der Waals surface area contributed by atoms with Crippen molar-refractivity contribution in [3.8, 4) is 0 Å². The van der Waals surface area contributed by atoms with Gasteiger partial charge in [-0.15, -0.1) is 0 Å². The van der Waals surface area contributed by atoms with E-state index in [4.69, 9.17) is 11.6 Å². The second-order valence-corrected chi connectivity index (χ2v) is 6.44. The van der Waals surface area contributed by atoms with Gasteiger partial charge in [0.25, 0.3) is 0 Å². The maximum Gasteiger partial charge on any atom is 0.0761 e. The summed E-state index contributed by atoms with van der Waals surface area (Å²) < 4.78 is 0. The molecule has 0 saturated carbocycles. The quantitative estimate of drug-likeness (QED) is 0.939. The first-order chi connectivity index (χ1) is 10.6. The number of aliphatic hydroxyl groups excluding tert-OH is 1. The van der Waals surface area contributed by atoms with E-state index in [-0.39, 0.29) is 6.10 Å². The summed E-state index contributed by atoms with van der Waals surface area (Å²) in [5.41, 5.74) is 2.23. The van der Waals surface area contributed by atoms with Crippen molar-refractivity contribution in [3.05, 3.63) is 41.0 Å². The number of piperazine rings is 1. The van der Waals surface area contributed by atoms with Gasteiger partial charge in [-0.3, -0.25) is 14.8 Å². The van der Waals surface area contributed by atoms with Crippen LogP contribution in [0.25, 0.3) is 10.9 Å². The highest BCUT2D eigenvalue weighted by molar-refractivity contribution is 6.35. The Bertz CT molecular complexity index is 639. The smallest absolute Gasteiger partial charge is 0.0761 e. The molecule has 1 fully saturated rings. The number of nitrogens with zero attached hydrogens (tertiary/aromatic N) is 3. The number of hydrogen-bond acceptors (Lipinski definition) is 4. The number of rotatable bonds is 4. The highest BCUT2D eigenvalue weighted by atomic mass is 35.5. The van der Waals surface area contributed by atoms with Crippen molar-refractivity contribution in [3.63, 3.8) is 0 Å². The molecule has 2 aromatic rings. The number of halogens is 1. The predicted molar refractivity (Wildman–Crippen MR) is 90.2 cm³/mol. The van der Waals surface area contributed by atoms with Crippen LogP contribution in [0.3, 0.4) is 0 Å². The van der Waals surface area contributed by atoms with Gasteiger partial charge in [0, 0.05) is 55.9 Å². The molecule has 118 valence electrons. The number of aliphatic hydroxyl groups is 1. The number of β-amino-alcohol motifs (C(OH)–C–C–N with tert-alkyl or cyclic N) is 1. The van der Waals surface area contributed by atoms with Gasteiger partial charge in [-0.2, -0.15) is 0 Å². The molecule has 1 aromatic carbocycles. The standard InChI is InChI=1S/C17H22ClN3O/c1-13(22)11-20-7-9-21(10-8-20)12-14-4-5-16(18)15-3-2-6-19-17(14)15/h2-6,13,22H,7-12H2,1H3. The zero-order valence-electron chi connectivity index (χ0n) is 12.9. The van der Waals surface area contributed by atoms with E-state index in [1.165, 1.54) is 5.56 Å². The predicted octanol–water partition coefficient (Wildman–Crippen LogP) is 2.39. The molecule has 1 unspecified atom stereocenters. The van der Waals surface area contributed by atoms with Crippen molar-refractivity contribution in [2.45, 2.75) is 19.6 Å². The highest BCUT2D eigenvalue weighted by Gasteiger charge is 2.19. The van der Waals surface area contributed by atoms with E-state index in [9.17, 15) is 5.11 Å². The molecule has 1 aliphatic heterocycles. The normalized spacial score (nSPS) is 18.7. The van der Waals surface area contributed by atoms with Crippen molar-refractivity contribution in [1.29, 1.82) is 0 Å². The average molecular weight is 320 g/mol. The molecular weight excluding hydrogens is 298 g/mol. The molecule has 1 N–H and O–H groups in total. The van der Waals surface area contributed by atoms with Gasteiger partial charge < -0.3 is 5.11 Å². The van der Waals surface area contributed by atoms with Gasteiger partial charge in [0.15, 0.2) is 0 Å². The van der Waals surface area contributed by atoms with Gasteiger partial charge in [0.05, 0.1) is 11.6 Å². The molecule has 2 heterocycles. The molecule has 1 saturated heterocycles. The lowest BCUT2D eigenvalue weighted by Gasteiger charge is -2.35. The van der Waals surface area contributed by atoms with Crippen LogP contribution in [0.15, 0.2) is 30.5 Å². The van der Waals surface area contributed by atoms with E-state index < -0.39 is 0 Å². The lowest BCUT2D eigenvalue weighted by Crippen LogP contribution is -2.47. The van der Waals surface area contributed by atoms with Gasteiger partial charge in [0.1, 0.15) is 0 Å². The summed E-state index contributed by atoms with van der Waals surface area (Å²) in [5.74, 6) is 0. The van der Waals surface area contributed by atoms with Crippen molar-refractivity contribution in [2.24, 2.45) is 0 Å². The van der Waals surface area contributed by atoms with Crippen molar-refractivity contribution in [2.75, 3.05) is 32.7 Å². The van der Waals surface area contributed by atoms with Crippen molar-refractivity contribution in [1.82, 2.24) is 14.8 Å². The zero-order chi connectivity index (χ0) is 15.5. The Balaban J connectivity index is 1.69. The molecule has 1 aromatic heterocycles. The van der Waals surface area contributed by atoms with Crippen LogP contribution in [0.4, 0.5) is 0 Å². The van der Waals surface area contributed by atoms with Gasteiger partial charge in [-0.1, -0.05) is 17.7 Å². The lowest BCUT2D eigenvalue weighted by atomic mass is 10.1. The average Bonchev–Trinajstić information content (AvgIpc) is 2.52. The minimum atomic E-state index is -0.254. The topological polar surface area (TPSA) is 39.6 Å². The zero-order valence-corrected chi connectivity index (χ0v) is 13.6. The molecule has 0 amide bonds. The highest BCUT2D eigenvalue weighted by Crippen LogP contribution is 2.25. The summed E-state index contributed by atoms with van der Waals surface area (Å²) in [6.45, 7) is 7.55. The number of hydrogen-bond donors (Lipinski definition) is 1. The first-order valence-corrected chi connectivity index (χ1v) is 8.16. The van der Waals surface area contributed by atoms with E-state index >= 15 is 0 Å². The molecule has 1 aliphatic rings. The van der Waals surface area contributed by atoms with Crippen LogP contribution in [0.1, 0.15) is 12.5 Å². The van der Waals surface area contributed by atoms with Crippen LogP contribution in [0, 0.1) is 0 Å². The Morgan fingerprint density at radius 1 is 1.18 bits per heavy atom. The molecule has 3 rings (SSSR count). The fraction of sp³-hybridized carbons (Fsp3) is 0.471. The van der Waals surface area contributed by atoms with Crippen LogP contribution >= 0.6 is 11.6 Å². The lowest BCUT2D eigenvalue weighted by molar-refractivity contribution is 0.0782. The molecule has 0 spiro atoms. The summed E-state index contributed by atoms with van der Waals surface area (Å²) in [4.78, 5) is 9.27. The minimum absolute atomic E-state index is 0.254. The summed E-state index contributed by atoms with van der Waals surface area (Å²) >= 11 is 6.26. The maximum absolute atomic E-state index is 9.47. The number of pyridine rings is 1. The summed E-state index contributed by atoms with van der Waals surface area (Å²) in [6, 6.07) is 7.99. The summed E-state index contributed by atoms with van der Waals surface area (Å²) in [7, 11) is 0. The van der Waals surface area contributed by atoms with E-state index in [1.807, 2.05) is 31.3 Å². The Kier molecular flexibility index (Phi) is 4.93. The third-order valence-corrected chi connectivity index (χ3v) is 4.51. The molecule has 0 aliphatic carbocycles. The van der Waals surface area contributed by atoms with Crippen LogP contribution in [0.2, 0.25) is 5.02 Å². The van der Waals surface area contributed by atoms with Crippen LogP contribution in [-0.2, 0) is 6.54 Å². The number of benzene rings is 1. The van der Waals surface area contributed by atoms with Crippen LogP contribution < -0.4 is 0 Å². The maximum atomic E-state index is 9.47. The summed E-state index contributed by atoms with van der Waals surface area (Å²) in [6.07, 6.45) is 1.57. The van der Waals surface area contributed by atoms with E-state index in [2.05, 4.69) is 20.9 Å². The van der Waals surface area contributed by atoms with Gasteiger partial charge in [-0.25, -0.2) is 0 Å². The molecule has 5 heteroatoms. The Morgan fingerprint density at radius 2 is 1.91 bits per heavy atom. The SMILES string of the molecule is CC(O)CN1CCN(Cc2ccc(Cl)c3cccnc23)CC1. The molecule has 0 radical (unpaired) electrons. The third-order valence-electron chi connectivity index (χ3n) is 4.18. The van der Waals surface area contributed by atoms with Crippen molar-refractivity contribution < 1.29 is 5.11 Å². The Hall–Kier alpha value is -1.20. The molecular formula is C17H22ClN3O. The van der Waals surface area contributed by atoms with E-state index in [0.717, 1.165) is 55.2 Å². The van der Waals surface area contributed by atoms with E-state index in [1.54, 1.807) is 0 Å². The fourth-order valence-electron chi connectivity index (χ4n) is 3.07. The third kappa shape index (κ3) is 3.58. The van der Waals surface area contributed by atoms with Gasteiger partial charge >= 0.3 is 0 Å². The molecule has 22 heavy (non-hydrogen) atoms. The number of fused-ring (bicyclic) bond motifs is 1. The monoisotopic (exact) mass is 319 g/mol. The first-order valence-electron chi connectivity index (χ1n) is 7.78. The molecule has 4 nitrogen and oxygen atoms in total. The van der Waals surface area contributed by atoms with E-state index in [0.29, 0.717) is 0 Å². The van der Waals surface area contributed by atoms with Crippen LogP contribution in [-0.4, -0.2) is 58.7 Å². The second kappa shape index (κ2) is 6.92. The molecule has 1 atom stereocenters. The van der Waals surface area contributed by atoms with Gasteiger partial charge in [-0.05, 0) is 30.7 Å². The fourth-order valence-corrected chi connectivity index (χ4v) is 3.28. The molecule has 0 bridgehead atoms.